The highest BCUT2D eigenvalue weighted by Crippen LogP contribution is 2.23. The number of rotatable bonds is 2. The van der Waals surface area contributed by atoms with Crippen molar-refractivity contribution < 1.29 is 5.11 Å². The molecule has 1 aromatic rings. The largest absolute Gasteiger partial charge is 0.391 e. The van der Waals surface area contributed by atoms with Gasteiger partial charge >= 0.3 is 0 Å². The Bertz CT molecular complexity index is 334. The molecule has 82 valence electrons. The first-order valence-corrected chi connectivity index (χ1v) is 6.25. The van der Waals surface area contributed by atoms with Crippen molar-refractivity contribution in [2.75, 3.05) is 5.32 Å². The Kier molecular flexibility index (Phi) is 3.74. The second-order valence-corrected chi connectivity index (χ2v) is 4.98. The van der Waals surface area contributed by atoms with Gasteiger partial charge in [0.1, 0.15) is 12.1 Å². The first-order chi connectivity index (χ1) is 7.27. The van der Waals surface area contributed by atoms with Gasteiger partial charge in [0.25, 0.3) is 0 Å². The lowest BCUT2D eigenvalue weighted by molar-refractivity contribution is 0.116. The van der Waals surface area contributed by atoms with Gasteiger partial charge in [-0.3, -0.25) is 0 Å². The van der Waals surface area contributed by atoms with Crippen LogP contribution >= 0.6 is 22.6 Å². The maximum atomic E-state index is 9.81. The normalized spacial score (nSPS) is 26.3. The molecule has 5 heteroatoms. The van der Waals surface area contributed by atoms with Crippen LogP contribution in [0.3, 0.4) is 0 Å². The summed E-state index contributed by atoms with van der Waals surface area (Å²) in [5.74, 6) is 0.830. The van der Waals surface area contributed by atoms with E-state index in [-0.39, 0.29) is 12.1 Å². The molecule has 2 N–H and O–H groups in total. The maximum Gasteiger partial charge on any atom is 0.143 e. The number of halogens is 1. The van der Waals surface area contributed by atoms with Gasteiger partial charge in [0.2, 0.25) is 0 Å². The molecule has 2 rings (SSSR count). The predicted molar refractivity (Wildman–Crippen MR) is 66.6 cm³/mol. The molecule has 0 amide bonds. The molecule has 1 saturated carbocycles. The monoisotopic (exact) mass is 319 g/mol. The Balaban J connectivity index is 2.04. The van der Waals surface area contributed by atoms with E-state index in [0.29, 0.717) is 0 Å². The molecular formula is C10H14IN3O. The Morgan fingerprint density at radius 2 is 2.20 bits per heavy atom. The first-order valence-electron chi connectivity index (χ1n) is 5.17. The van der Waals surface area contributed by atoms with Gasteiger partial charge in [-0.15, -0.1) is 0 Å². The number of aliphatic hydroxyl groups excluding tert-OH is 1. The van der Waals surface area contributed by atoms with Crippen molar-refractivity contribution in [1.29, 1.82) is 0 Å². The number of hydrogen-bond acceptors (Lipinski definition) is 4. The minimum Gasteiger partial charge on any atom is -0.391 e. The number of anilines is 1. The van der Waals surface area contributed by atoms with Gasteiger partial charge < -0.3 is 10.4 Å². The number of aliphatic hydroxyl groups is 1. The molecule has 2 atom stereocenters. The van der Waals surface area contributed by atoms with Crippen molar-refractivity contribution >= 4 is 28.4 Å². The summed E-state index contributed by atoms with van der Waals surface area (Å²) in [6.07, 6.45) is 7.26. The summed E-state index contributed by atoms with van der Waals surface area (Å²) in [7, 11) is 0. The standard InChI is InChI=1S/C10H14IN3O/c11-7-5-12-6-13-10(7)14-8-3-1-2-4-9(8)15/h5-6,8-9,15H,1-4H2,(H,12,13,14). The van der Waals surface area contributed by atoms with Gasteiger partial charge in [-0.25, -0.2) is 9.97 Å². The third-order valence-electron chi connectivity index (χ3n) is 2.72. The summed E-state index contributed by atoms with van der Waals surface area (Å²) >= 11 is 2.19. The Morgan fingerprint density at radius 1 is 1.40 bits per heavy atom. The topological polar surface area (TPSA) is 58.0 Å². The molecule has 15 heavy (non-hydrogen) atoms. The smallest absolute Gasteiger partial charge is 0.143 e. The van der Waals surface area contributed by atoms with E-state index in [1.807, 2.05) is 0 Å². The van der Waals surface area contributed by atoms with Crippen LogP contribution in [0.2, 0.25) is 0 Å². The van der Waals surface area contributed by atoms with Gasteiger partial charge in [-0.05, 0) is 35.4 Å². The highest BCUT2D eigenvalue weighted by atomic mass is 127. The highest BCUT2D eigenvalue weighted by Gasteiger charge is 2.23. The van der Waals surface area contributed by atoms with E-state index in [0.717, 1.165) is 28.7 Å². The van der Waals surface area contributed by atoms with Crippen molar-refractivity contribution in [2.24, 2.45) is 0 Å². The second-order valence-electron chi connectivity index (χ2n) is 3.82. The third kappa shape index (κ3) is 2.78. The average Bonchev–Trinajstić information content (AvgIpc) is 2.24. The van der Waals surface area contributed by atoms with Crippen molar-refractivity contribution in [3.05, 3.63) is 16.1 Å². The SMILES string of the molecule is OC1CCCCC1Nc1ncncc1I. The highest BCUT2D eigenvalue weighted by molar-refractivity contribution is 14.1. The molecule has 0 spiro atoms. The fourth-order valence-corrected chi connectivity index (χ4v) is 2.33. The minimum absolute atomic E-state index is 0.141. The maximum absolute atomic E-state index is 9.81. The molecule has 4 nitrogen and oxygen atoms in total. The van der Waals surface area contributed by atoms with Crippen LogP contribution in [0, 0.1) is 3.57 Å². The Morgan fingerprint density at radius 3 is 2.93 bits per heavy atom. The van der Waals surface area contributed by atoms with E-state index < -0.39 is 0 Å². The molecule has 1 aromatic heterocycles. The van der Waals surface area contributed by atoms with Gasteiger partial charge in [0.05, 0.1) is 15.7 Å². The van der Waals surface area contributed by atoms with Gasteiger partial charge in [0, 0.05) is 6.20 Å². The summed E-state index contributed by atoms with van der Waals surface area (Å²) in [5.41, 5.74) is 0. The molecule has 1 fully saturated rings. The lowest BCUT2D eigenvalue weighted by atomic mass is 9.93. The molecule has 2 unspecified atom stereocenters. The Labute approximate surface area is 103 Å². The van der Waals surface area contributed by atoms with Crippen LogP contribution in [0.4, 0.5) is 5.82 Å². The van der Waals surface area contributed by atoms with Crippen molar-refractivity contribution in [3.63, 3.8) is 0 Å². The summed E-state index contributed by atoms with van der Waals surface area (Å²) in [5, 5.41) is 13.1. The zero-order valence-electron chi connectivity index (χ0n) is 8.36. The molecular weight excluding hydrogens is 305 g/mol. The van der Waals surface area contributed by atoms with Crippen LogP contribution in [0.5, 0.6) is 0 Å². The molecule has 0 saturated heterocycles. The van der Waals surface area contributed by atoms with Crippen LogP contribution in [0.25, 0.3) is 0 Å². The summed E-state index contributed by atoms with van der Waals surface area (Å²) in [6.45, 7) is 0. The van der Waals surface area contributed by atoms with Crippen LogP contribution in [0.1, 0.15) is 25.7 Å². The zero-order chi connectivity index (χ0) is 10.7. The lowest BCUT2D eigenvalue weighted by Crippen LogP contribution is -2.36. The molecule has 0 aromatic carbocycles. The quantitative estimate of drug-likeness (QED) is 0.816. The second kappa shape index (κ2) is 5.07. The average molecular weight is 319 g/mol. The van der Waals surface area contributed by atoms with E-state index in [1.54, 1.807) is 6.20 Å². The van der Waals surface area contributed by atoms with Gasteiger partial charge in [-0.2, -0.15) is 0 Å². The van der Waals surface area contributed by atoms with Gasteiger partial charge in [0.15, 0.2) is 0 Å². The molecule has 0 aliphatic heterocycles. The van der Waals surface area contributed by atoms with Crippen LogP contribution in [0.15, 0.2) is 12.5 Å². The predicted octanol–water partition coefficient (Wildman–Crippen LogP) is 1.80. The van der Waals surface area contributed by atoms with Crippen LogP contribution < -0.4 is 5.32 Å². The Hall–Kier alpha value is -0.430. The summed E-state index contributed by atoms with van der Waals surface area (Å²) in [4.78, 5) is 8.10. The van der Waals surface area contributed by atoms with Crippen molar-refractivity contribution in [3.8, 4) is 0 Å². The van der Waals surface area contributed by atoms with E-state index in [9.17, 15) is 5.11 Å². The fourth-order valence-electron chi connectivity index (χ4n) is 1.87. The van der Waals surface area contributed by atoms with E-state index in [1.165, 1.54) is 12.7 Å². The van der Waals surface area contributed by atoms with Crippen LogP contribution in [-0.2, 0) is 0 Å². The number of aromatic nitrogens is 2. The summed E-state index contributed by atoms with van der Waals surface area (Å²) in [6, 6.07) is 0.141. The van der Waals surface area contributed by atoms with Crippen molar-refractivity contribution in [1.82, 2.24) is 9.97 Å². The molecule has 1 heterocycles. The summed E-state index contributed by atoms with van der Waals surface area (Å²) < 4.78 is 0.993. The molecule has 1 aliphatic carbocycles. The lowest BCUT2D eigenvalue weighted by Gasteiger charge is -2.28. The van der Waals surface area contributed by atoms with E-state index >= 15 is 0 Å². The third-order valence-corrected chi connectivity index (χ3v) is 3.51. The first kappa shape index (κ1) is 11.1. The molecule has 0 radical (unpaired) electrons. The fraction of sp³-hybridized carbons (Fsp3) is 0.600. The number of nitrogens with one attached hydrogen (secondary N) is 1. The van der Waals surface area contributed by atoms with Gasteiger partial charge in [-0.1, -0.05) is 12.8 Å². The van der Waals surface area contributed by atoms with E-state index in [4.69, 9.17) is 0 Å². The molecule has 1 aliphatic rings. The number of nitrogens with zero attached hydrogens (tertiary/aromatic N) is 2. The number of hydrogen-bond donors (Lipinski definition) is 2. The minimum atomic E-state index is -0.246. The van der Waals surface area contributed by atoms with E-state index in [2.05, 4.69) is 37.9 Å². The van der Waals surface area contributed by atoms with Crippen molar-refractivity contribution in [2.45, 2.75) is 37.8 Å². The molecule has 0 bridgehead atoms. The zero-order valence-corrected chi connectivity index (χ0v) is 10.5. The van der Waals surface area contributed by atoms with Crippen LogP contribution in [-0.4, -0.2) is 27.2 Å².